The molecule has 0 aliphatic carbocycles. The second-order valence-corrected chi connectivity index (χ2v) is 5.45. The van der Waals surface area contributed by atoms with Gasteiger partial charge in [0, 0.05) is 9.79 Å². The Balaban J connectivity index is 2.49. The largest absolute Gasteiger partial charge is 0.192 e. The van der Waals surface area contributed by atoms with Gasteiger partial charge in [-0.2, -0.15) is 5.26 Å². The van der Waals surface area contributed by atoms with E-state index in [-0.39, 0.29) is 0 Å². The molecule has 2 heteroatoms. The lowest BCUT2D eigenvalue weighted by atomic mass is 10.0. The van der Waals surface area contributed by atoms with Crippen LogP contribution in [0, 0.1) is 32.1 Å². The minimum atomic E-state index is 0.805. The van der Waals surface area contributed by atoms with Gasteiger partial charge in [-0.1, -0.05) is 36.0 Å². The second kappa shape index (κ2) is 5.29. The van der Waals surface area contributed by atoms with Crippen molar-refractivity contribution in [3.05, 3.63) is 58.7 Å². The highest BCUT2D eigenvalue weighted by molar-refractivity contribution is 7.99. The van der Waals surface area contributed by atoms with Crippen LogP contribution in [0.2, 0.25) is 0 Å². The highest BCUT2D eigenvalue weighted by Gasteiger charge is 2.11. The van der Waals surface area contributed by atoms with E-state index in [2.05, 4.69) is 31.2 Å². The summed E-state index contributed by atoms with van der Waals surface area (Å²) in [7, 11) is 0. The Kier molecular flexibility index (Phi) is 3.74. The van der Waals surface area contributed by atoms with Crippen LogP contribution in [0.3, 0.4) is 0 Å². The minimum absolute atomic E-state index is 0.805. The second-order valence-electron chi connectivity index (χ2n) is 4.37. The van der Waals surface area contributed by atoms with E-state index in [4.69, 9.17) is 0 Å². The van der Waals surface area contributed by atoms with Crippen LogP contribution in [0.4, 0.5) is 0 Å². The van der Waals surface area contributed by atoms with Crippen LogP contribution >= 0.6 is 11.8 Å². The van der Waals surface area contributed by atoms with Gasteiger partial charge in [0.25, 0.3) is 0 Å². The Morgan fingerprint density at radius 1 is 1.00 bits per heavy atom. The third kappa shape index (κ3) is 2.42. The van der Waals surface area contributed by atoms with Crippen molar-refractivity contribution >= 4 is 11.8 Å². The molecule has 0 saturated heterocycles. The summed E-state index contributed by atoms with van der Waals surface area (Å²) in [5, 5.41) is 9.22. The number of hydrogen-bond acceptors (Lipinski definition) is 2. The standard InChI is InChI=1S/C16H15NS/c1-11-9-12(2)16(13(3)15(11)10-17)18-14-7-5-4-6-8-14/h4-9H,1-3H3. The van der Waals surface area contributed by atoms with Crippen molar-refractivity contribution in [1.29, 1.82) is 5.26 Å². The fourth-order valence-corrected chi connectivity index (χ4v) is 3.11. The average Bonchev–Trinajstić information content (AvgIpc) is 2.36. The van der Waals surface area contributed by atoms with Gasteiger partial charge >= 0.3 is 0 Å². The van der Waals surface area contributed by atoms with Crippen LogP contribution in [-0.2, 0) is 0 Å². The normalized spacial score (nSPS) is 10.1. The van der Waals surface area contributed by atoms with E-state index < -0.39 is 0 Å². The smallest absolute Gasteiger partial charge is 0.0997 e. The number of aryl methyl sites for hydroxylation is 2. The predicted octanol–water partition coefficient (Wildman–Crippen LogP) is 4.63. The van der Waals surface area contributed by atoms with Gasteiger partial charge in [0.2, 0.25) is 0 Å². The van der Waals surface area contributed by atoms with Crippen molar-refractivity contribution in [3.8, 4) is 6.07 Å². The molecule has 0 atom stereocenters. The summed E-state index contributed by atoms with van der Waals surface area (Å²) in [5.41, 5.74) is 4.19. The van der Waals surface area contributed by atoms with E-state index in [1.807, 2.05) is 32.0 Å². The van der Waals surface area contributed by atoms with Gasteiger partial charge in [0.1, 0.15) is 0 Å². The summed E-state index contributed by atoms with van der Waals surface area (Å²) in [6, 6.07) is 14.7. The van der Waals surface area contributed by atoms with Crippen molar-refractivity contribution in [3.63, 3.8) is 0 Å². The molecular weight excluding hydrogens is 238 g/mol. The summed E-state index contributed by atoms with van der Waals surface area (Å²) in [5.74, 6) is 0. The van der Waals surface area contributed by atoms with E-state index in [9.17, 15) is 5.26 Å². The topological polar surface area (TPSA) is 23.8 Å². The van der Waals surface area contributed by atoms with Gasteiger partial charge in [0.05, 0.1) is 11.6 Å². The fraction of sp³-hybridized carbons (Fsp3) is 0.188. The molecule has 2 aromatic rings. The van der Waals surface area contributed by atoms with Gasteiger partial charge in [-0.15, -0.1) is 0 Å². The van der Waals surface area contributed by atoms with Crippen LogP contribution in [0.5, 0.6) is 0 Å². The highest BCUT2D eigenvalue weighted by Crippen LogP contribution is 2.35. The SMILES string of the molecule is Cc1cc(C)c(Sc2ccccc2)c(C)c1C#N. The quantitative estimate of drug-likeness (QED) is 0.778. The third-order valence-electron chi connectivity index (χ3n) is 2.98. The molecule has 0 heterocycles. The monoisotopic (exact) mass is 253 g/mol. The lowest BCUT2D eigenvalue weighted by Gasteiger charge is -2.13. The molecule has 0 aliphatic heterocycles. The van der Waals surface area contributed by atoms with Gasteiger partial charge < -0.3 is 0 Å². The van der Waals surface area contributed by atoms with Crippen molar-refractivity contribution < 1.29 is 0 Å². The molecule has 0 bridgehead atoms. The van der Waals surface area contributed by atoms with E-state index in [0.717, 1.165) is 16.7 Å². The Labute approximate surface area is 112 Å². The maximum Gasteiger partial charge on any atom is 0.0997 e. The number of nitrogens with zero attached hydrogens (tertiary/aromatic N) is 1. The maximum atomic E-state index is 9.22. The Morgan fingerprint density at radius 3 is 2.28 bits per heavy atom. The Bertz CT molecular complexity index is 609. The summed E-state index contributed by atoms with van der Waals surface area (Å²) in [6.45, 7) is 6.13. The van der Waals surface area contributed by atoms with Crippen LogP contribution in [0.1, 0.15) is 22.3 Å². The fourth-order valence-electron chi connectivity index (χ4n) is 2.10. The molecule has 0 unspecified atom stereocenters. The molecule has 0 aromatic heterocycles. The highest BCUT2D eigenvalue weighted by atomic mass is 32.2. The van der Waals surface area contributed by atoms with Crippen molar-refractivity contribution in [2.75, 3.05) is 0 Å². The van der Waals surface area contributed by atoms with Crippen molar-refractivity contribution in [2.24, 2.45) is 0 Å². The van der Waals surface area contributed by atoms with Crippen molar-refractivity contribution in [1.82, 2.24) is 0 Å². The number of rotatable bonds is 2. The summed E-state index contributed by atoms with van der Waals surface area (Å²) in [4.78, 5) is 2.40. The first-order valence-corrected chi connectivity index (χ1v) is 6.69. The molecule has 2 aromatic carbocycles. The Morgan fingerprint density at radius 2 is 1.67 bits per heavy atom. The van der Waals surface area contributed by atoms with Gasteiger partial charge in [-0.05, 0) is 49.6 Å². The molecule has 2 rings (SSSR count). The number of nitriles is 1. The minimum Gasteiger partial charge on any atom is -0.192 e. The van der Waals surface area contributed by atoms with Crippen molar-refractivity contribution in [2.45, 2.75) is 30.6 Å². The van der Waals surface area contributed by atoms with Gasteiger partial charge in [-0.25, -0.2) is 0 Å². The molecule has 0 aliphatic rings. The van der Waals surface area contributed by atoms with Gasteiger partial charge in [-0.3, -0.25) is 0 Å². The molecular formula is C16H15NS. The van der Waals surface area contributed by atoms with Gasteiger partial charge in [0.15, 0.2) is 0 Å². The lowest BCUT2D eigenvalue weighted by molar-refractivity contribution is 1.16. The van der Waals surface area contributed by atoms with E-state index in [1.54, 1.807) is 11.8 Å². The Hall–Kier alpha value is -1.72. The van der Waals surface area contributed by atoms with E-state index in [0.29, 0.717) is 0 Å². The summed E-state index contributed by atoms with van der Waals surface area (Å²) < 4.78 is 0. The number of hydrogen-bond donors (Lipinski definition) is 0. The zero-order valence-electron chi connectivity index (χ0n) is 10.8. The molecule has 0 fully saturated rings. The molecule has 1 nitrogen and oxygen atoms in total. The van der Waals surface area contributed by atoms with Crippen LogP contribution < -0.4 is 0 Å². The molecule has 0 spiro atoms. The summed E-state index contributed by atoms with van der Waals surface area (Å²) >= 11 is 1.73. The maximum absolute atomic E-state index is 9.22. The first kappa shape index (κ1) is 12.7. The lowest BCUT2D eigenvalue weighted by Crippen LogP contribution is -1.94. The molecule has 90 valence electrons. The molecule has 0 N–H and O–H groups in total. The van der Waals surface area contributed by atoms with E-state index in [1.165, 1.54) is 15.4 Å². The average molecular weight is 253 g/mol. The molecule has 18 heavy (non-hydrogen) atoms. The zero-order chi connectivity index (χ0) is 13.1. The van der Waals surface area contributed by atoms with Crippen LogP contribution in [-0.4, -0.2) is 0 Å². The first-order chi connectivity index (χ1) is 8.63. The third-order valence-corrected chi connectivity index (χ3v) is 4.32. The van der Waals surface area contributed by atoms with Crippen LogP contribution in [0.15, 0.2) is 46.2 Å². The molecule has 0 radical (unpaired) electrons. The predicted molar refractivity (Wildman–Crippen MR) is 75.9 cm³/mol. The van der Waals surface area contributed by atoms with Crippen LogP contribution in [0.25, 0.3) is 0 Å². The molecule has 0 saturated carbocycles. The van der Waals surface area contributed by atoms with E-state index >= 15 is 0 Å². The summed E-state index contributed by atoms with van der Waals surface area (Å²) in [6.07, 6.45) is 0. The first-order valence-electron chi connectivity index (χ1n) is 5.87. The number of benzene rings is 2. The zero-order valence-corrected chi connectivity index (χ0v) is 11.6. The molecule has 0 amide bonds.